The number of phenolic OH excluding ortho intramolecular Hbond substituents is 1. The number of nitrogens with two attached hydrogens (primary N) is 2. The van der Waals surface area contributed by atoms with Crippen LogP contribution in [0.5, 0.6) is 5.75 Å². The van der Waals surface area contributed by atoms with Gasteiger partial charge in [0.1, 0.15) is 23.4 Å². The second kappa shape index (κ2) is 22.5. The maximum absolute atomic E-state index is 14.3. The van der Waals surface area contributed by atoms with Crippen molar-refractivity contribution in [2.75, 3.05) is 13.1 Å². The zero-order chi connectivity index (χ0) is 44.7. The lowest BCUT2D eigenvalue weighted by Crippen LogP contribution is -2.64. The Kier molecular flexibility index (Phi) is 18.2. The van der Waals surface area contributed by atoms with Crippen LogP contribution in [0, 0.1) is 23.7 Å². The Morgan fingerprint density at radius 1 is 0.983 bits per heavy atom. The summed E-state index contributed by atoms with van der Waals surface area (Å²) in [6.45, 7) is 9.91. The van der Waals surface area contributed by atoms with E-state index in [1.54, 1.807) is 19.1 Å². The van der Waals surface area contributed by atoms with Crippen LogP contribution >= 0.6 is 0 Å². The highest BCUT2D eigenvalue weighted by Crippen LogP contribution is 2.34. The first kappa shape index (κ1) is 48.6. The van der Waals surface area contributed by atoms with Crippen LogP contribution in [0.25, 0.3) is 0 Å². The highest BCUT2D eigenvalue weighted by molar-refractivity contribution is 6.39. The van der Waals surface area contributed by atoms with Gasteiger partial charge in [-0.25, -0.2) is 0 Å². The molecule has 1 aliphatic heterocycles. The molecule has 0 spiro atoms. The lowest BCUT2D eigenvalue weighted by molar-refractivity contribution is -0.144. The molecular weight excluding hydrogens is 775 g/mol. The Morgan fingerprint density at radius 2 is 1.65 bits per heavy atom. The Morgan fingerprint density at radius 3 is 2.28 bits per heavy atom. The van der Waals surface area contributed by atoms with Gasteiger partial charge in [0.25, 0.3) is 5.91 Å². The number of aromatic hydroxyl groups is 1. The maximum atomic E-state index is 14.3. The molecule has 0 bridgehead atoms. The topological polar surface area (TPSA) is 293 Å². The zero-order valence-corrected chi connectivity index (χ0v) is 35.5. The molecule has 8 atom stereocenters. The lowest BCUT2D eigenvalue weighted by atomic mass is 9.83. The molecule has 1 saturated carbocycles. The number of carbonyl (C=O) groups is 8. The molecule has 18 nitrogen and oxygen atoms in total. The zero-order valence-electron chi connectivity index (χ0n) is 35.5. The number of Topliss-reactive ketones (excluding diaryl/α,β-unsaturated/α-hetero) is 2. The first-order valence-corrected chi connectivity index (χ1v) is 20.7. The fourth-order valence-electron chi connectivity index (χ4n) is 7.28. The molecule has 1 fully saturated rings. The summed E-state index contributed by atoms with van der Waals surface area (Å²) in [5.74, 6) is -8.27. The summed E-state index contributed by atoms with van der Waals surface area (Å²) < 4.78 is 0. The van der Waals surface area contributed by atoms with E-state index in [9.17, 15) is 43.5 Å². The molecule has 0 saturated heterocycles. The highest BCUT2D eigenvalue weighted by Gasteiger charge is 2.45. The summed E-state index contributed by atoms with van der Waals surface area (Å²) in [7, 11) is 0. The van der Waals surface area contributed by atoms with Crippen molar-refractivity contribution >= 4 is 53.0 Å². The van der Waals surface area contributed by atoms with E-state index in [0.717, 1.165) is 0 Å². The lowest BCUT2D eigenvalue weighted by Gasteiger charge is -2.36. The van der Waals surface area contributed by atoms with Crippen molar-refractivity contribution in [3.8, 4) is 5.75 Å². The van der Waals surface area contributed by atoms with Crippen molar-refractivity contribution in [3.05, 3.63) is 42.0 Å². The molecule has 2 aliphatic rings. The van der Waals surface area contributed by atoms with Crippen LogP contribution in [-0.2, 0) is 44.8 Å². The van der Waals surface area contributed by atoms with E-state index in [1.807, 2.05) is 20.8 Å². The largest absolute Gasteiger partial charge is 0.508 e. The Labute approximate surface area is 351 Å². The summed E-state index contributed by atoms with van der Waals surface area (Å²) in [5, 5.41) is 26.0. The first-order chi connectivity index (χ1) is 28.2. The SMILES string of the molecule is CC[C@H](C)[C@@]1(C)NC(=O)C(=O)[C@H](CCCN=C(N)N)NC(=O)[C@@H]2CCCC2C(=O)[C@@H](NC(=O)[C@H](C)NC(=O)CC(C)C)CNC(=O)/C=C/[C@H](Cc2ccc(O)cc2)NC1=O. The van der Waals surface area contributed by atoms with E-state index in [2.05, 4.69) is 36.9 Å². The van der Waals surface area contributed by atoms with Crippen molar-refractivity contribution in [2.45, 2.75) is 123 Å². The molecule has 0 radical (unpaired) electrons. The number of fused-ring (bicyclic) bond motifs is 1. The number of hydrogen-bond acceptors (Lipinski definition) is 10. The van der Waals surface area contributed by atoms with Gasteiger partial charge in [-0.2, -0.15) is 0 Å². The predicted octanol–water partition coefficient (Wildman–Crippen LogP) is 0.155. The number of guanidine groups is 1. The van der Waals surface area contributed by atoms with E-state index < -0.39 is 88.6 Å². The molecule has 1 aromatic rings. The fraction of sp³-hybridized carbons (Fsp3) is 0.595. The van der Waals surface area contributed by atoms with Crippen LogP contribution in [0.1, 0.15) is 92.1 Å². The third kappa shape index (κ3) is 14.2. The molecule has 330 valence electrons. The van der Waals surface area contributed by atoms with Crippen LogP contribution in [0.15, 0.2) is 41.4 Å². The summed E-state index contributed by atoms with van der Waals surface area (Å²) in [5.41, 5.74) is 9.98. The number of nitrogens with zero attached hydrogens (tertiary/aromatic N) is 1. The molecule has 1 heterocycles. The van der Waals surface area contributed by atoms with Crippen molar-refractivity contribution in [1.29, 1.82) is 0 Å². The van der Waals surface area contributed by atoms with Gasteiger partial charge in [0.15, 0.2) is 11.7 Å². The Hall–Kier alpha value is -5.81. The summed E-state index contributed by atoms with van der Waals surface area (Å²) in [6.07, 6.45) is 4.43. The average molecular weight is 838 g/mol. The van der Waals surface area contributed by atoms with Gasteiger partial charge in [0, 0.05) is 37.4 Å². The molecule has 0 aromatic heterocycles. The van der Waals surface area contributed by atoms with E-state index in [0.29, 0.717) is 18.4 Å². The van der Waals surface area contributed by atoms with Crippen LogP contribution in [0.4, 0.5) is 0 Å². The first-order valence-electron chi connectivity index (χ1n) is 20.7. The summed E-state index contributed by atoms with van der Waals surface area (Å²) in [4.78, 5) is 114. The van der Waals surface area contributed by atoms with Gasteiger partial charge in [-0.15, -0.1) is 0 Å². The van der Waals surface area contributed by atoms with E-state index in [-0.39, 0.29) is 75.1 Å². The minimum absolute atomic E-state index is 0.0214. The molecule has 11 N–H and O–H groups in total. The maximum Gasteiger partial charge on any atom is 0.290 e. The third-order valence-electron chi connectivity index (χ3n) is 11.2. The van der Waals surface area contributed by atoms with Crippen molar-refractivity contribution in [1.82, 2.24) is 31.9 Å². The van der Waals surface area contributed by atoms with Crippen LogP contribution in [0.3, 0.4) is 0 Å². The molecule has 1 unspecified atom stereocenters. The van der Waals surface area contributed by atoms with Crippen LogP contribution in [0.2, 0.25) is 0 Å². The van der Waals surface area contributed by atoms with Crippen molar-refractivity contribution < 1.29 is 43.5 Å². The minimum Gasteiger partial charge on any atom is -0.508 e. The number of aliphatic imine (C=N–C) groups is 1. The van der Waals surface area contributed by atoms with Gasteiger partial charge in [-0.1, -0.05) is 58.7 Å². The Bertz CT molecular complexity index is 1790. The molecule has 18 heteroatoms. The van der Waals surface area contributed by atoms with E-state index >= 15 is 0 Å². The molecule has 60 heavy (non-hydrogen) atoms. The Balaban J connectivity index is 2.09. The highest BCUT2D eigenvalue weighted by atomic mass is 16.3. The third-order valence-corrected chi connectivity index (χ3v) is 11.2. The van der Waals surface area contributed by atoms with Crippen molar-refractivity contribution in [2.24, 2.45) is 40.1 Å². The van der Waals surface area contributed by atoms with Gasteiger partial charge in [-0.05, 0) is 75.5 Å². The molecular formula is C42H63N9O9. The van der Waals surface area contributed by atoms with Crippen LogP contribution < -0.4 is 43.4 Å². The number of amides is 6. The van der Waals surface area contributed by atoms with Crippen molar-refractivity contribution in [3.63, 3.8) is 0 Å². The smallest absolute Gasteiger partial charge is 0.290 e. The monoisotopic (exact) mass is 837 g/mol. The van der Waals surface area contributed by atoms with Gasteiger partial charge >= 0.3 is 0 Å². The van der Waals surface area contributed by atoms with Gasteiger partial charge in [0.05, 0.1) is 12.1 Å². The number of rotatable bonds is 13. The predicted molar refractivity (Wildman–Crippen MR) is 224 cm³/mol. The number of ketones is 2. The van der Waals surface area contributed by atoms with Crippen LogP contribution in [-0.4, -0.2) is 101 Å². The quantitative estimate of drug-likeness (QED) is 0.0558. The molecule has 1 aromatic carbocycles. The number of hydrogen-bond donors (Lipinski definition) is 9. The van der Waals surface area contributed by atoms with E-state index in [4.69, 9.17) is 11.5 Å². The normalized spacial score (nSPS) is 26.1. The van der Waals surface area contributed by atoms with E-state index in [1.165, 1.54) is 38.1 Å². The molecule has 3 rings (SSSR count). The standard InChI is InChI=1S/C42H63N9O9/c1-7-24(4)42(6)40(60)48-27(21-26-13-16-28(52)17-14-26)15-18-33(53)46-22-32(50-37(57)25(5)47-34(54)20-23(2)3)35(55)29-10-8-11-30(29)38(58)49-31(36(56)39(59)51-42)12-9-19-45-41(43)44/h13-18,23-25,27,29-32,52H,7-12,19-22H2,1-6H3,(H,46,53)(H,47,54)(H,48,60)(H,49,58)(H,50,57)(H,51,59)(H4,43,44,45)/b18-15+/t24-,25-,27+,29?,30+,31-,32-,42+/m0/s1. The molecule has 6 amide bonds. The number of benzene rings is 1. The number of nitrogens with one attached hydrogen (secondary N) is 6. The second-order valence-electron chi connectivity index (χ2n) is 16.4. The van der Waals surface area contributed by atoms with Gasteiger partial charge in [-0.3, -0.25) is 43.3 Å². The summed E-state index contributed by atoms with van der Waals surface area (Å²) in [6, 6.07) is 1.60. The number of carbonyl (C=O) groups excluding carboxylic acids is 8. The second-order valence-corrected chi connectivity index (χ2v) is 16.4. The van der Waals surface area contributed by atoms with Gasteiger partial charge in [0.2, 0.25) is 35.3 Å². The fourth-order valence-corrected chi connectivity index (χ4v) is 7.28. The number of phenols is 1. The minimum atomic E-state index is -1.65. The average Bonchev–Trinajstić information content (AvgIpc) is 3.69. The van der Waals surface area contributed by atoms with Gasteiger partial charge < -0.3 is 48.5 Å². The summed E-state index contributed by atoms with van der Waals surface area (Å²) >= 11 is 0. The molecule has 1 aliphatic carbocycles.